The van der Waals surface area contributed by atoms with E-state index in [9.17, 15) is 4.79 Å². The second kappa shape index (κ2) is 6.24. The molecule has 1 heterocycles. The maximum Gasteiger partial charge on any atom is 0.222 e. The lowest BCUT2D eigenvalue weighted by Gasteiger charge is -2.37. The first-order valence-electron chi connectivity index (χ1n) is 6.56. The highest BCUT2D eigenvalue weighted by molar-refractivity contribution is 5.76. The number of carbonyl (C=O) groups is 1. The molecule has 1 aliphatic heterocycles. The van der Waals surface area contributed by atoms with Crippen LogP contribution < -0.4 is 0 Å². The quantitative estimate of drug-likeness (QED) is 0.732. The van der Waals surface area contributed by atoms with Crippen LogP contribution in [0.25, 0.3) is 0 Å². The van der Waals surface area contributed by atoms with Crippen LogP contribution in [0.1, 0.15) is 40.5 Å². The zero-order chi connectivity index (χ0) is 12.1. The molecule has 0 spiro atoms. The molecular formula is C13H26N2O. The topological polar surface area (TPSA) is 23.6 Å². The molecule has 1 unspecified atom stereocenters. The number of amides is 1. The second-order valence-electron chi connectivity index (χ2n) is 5.23. The summed E-state index contributed by atoms with van der Waals surface area (Å²) >= 11 is 0. The number of hydrogen-bond donors (Lipinski definition) is 0. The SMILES string of the molecule is CCC(C)CC(=O)N1CCN(C(C)C)CC1. The molecule has 16 heavy (non-hydrogen) atoms. The van der Waals surface area contributed by atoms with Crippen LogP contribution in [0.5, 0.6) is 0 Å². The highest BCUT2D eigenvalue weighted by Crippen LogP contribution is 2.12. The number of piperazine rings is 1. The van der Waals surface area contributed by atoms with Crippen LogP contribution in [0.15, 0.2) is 0 Å². The summed E-state index contributed by atoms with van der Waals surface area (Å²) < 4.78 is 0. The summed E-state index contributed by atoms with van der Waals surface area (Å²) in [5.41, 5.74) is 0. The zero-order valence-corrected chi connectivity index (χ0v) is 11.2. The number of nitrogens with zero attached hydrogens (tertiary/aromatic N) is 2. The largest absolute Gasteiger partial charge is 0.340 e. The van der Waals surface area contributed by atoms with Gasteiger partial charge in [0.2, 0.25) is 5.91 Å². The van der Waals surface area contributed by atoms with Crippen molar-refractivity contribution in [2.75, 3.05) is 26.2 Å². The standard InChI is InChI=1S/C13H26N2O/c1-5-12(4)10-13(16)15-8-6-14(7-9-15)11(2)3/h11-12H,5-10H2,1-4H3. The van der Waals surface area contributed by atoms with E-state index in [4.69, 9.17) is 0 Å². The average molecular weight is 226 g/mol. The van der Waals surface area contributed by atoms with Crippen LogP contribution in [0.3, 0.4) is 0 Å². The van der Waals surface area contributed by atoms with Crippen LogP contribution >= 0.6 is 0 Å². The summed E-state index contributed by atoms with van der Waals surface area (Å²) in [6.07, 6.45) is 1.82. The number of carbonyl (C=O) groups excluding carboxylic acids is 1. The molecule has 1 saturated heterocycles. The molecule has 0 aliphatic carbocycles. The lowest BCUT2D eigenvalue weighted by Crippen LogP contribution is -2.50. The molecule has 0 aromatic rings. The summed E-state index contributed by atoms with van der Waals surface area (Å²) in [6, 6.07) is 0.604. The molecule has 0 aromatic heterocycles. The lowest BCUT2D eigenvalue weighted by molar-refractivity contribution is -0.134. The summed E-state index contributed by atoms with van der Waals surface area (Å²) in [5, 5.41) is 0. The van der Waals surface area contributed by atoms with Crippen molar-refractivity contribution in [1.82, 2.24) is 9.80 Å². The van der Waals surface area contributed by atoms with Gasteiger partial charge in [-0.2, -0.15) is 0 Å². The van der Waals surface area contributed by atoms with Gasteiger partial charge in [-0.1, -0.05) is 20.3 Å². The van der Waals surface area contributed by atoms with Crippen LogP contribution in [0, 0.1) is 5.92 Å². The monoisotopic (exact) mass is 226 g/mol. The van der Waals surface area contributed by atoms with E-state index < -0.39 is 0 Å². The van der Waals surface area contributed by atoms with E-state index in [0.717, 1.165) is 39.0 Å². The minimum atomic E-state index is 0.345. The fraction of sp³-hybridized carbons (Fsp3) is 0.923. The Morgan fingerprint density at radius 3 is 2.12 bits per heavy atom. The Morgan fingerprint density at radius 1 is 1.12 bits per heavy atom. The van der Waals surface area contributed by atoms with E-state index >= 15 is 0 Å². The van der Waals surface area contributed by atoms with Crippen molar-refractivity contribution < 1.29 is 4.79 Å². The molecule has 1 aliphatic rings. The van der Waals surface area contributed by atoms with Crippen LogP contribution in [0.4, 0.5) is 0 Å². The van der Waals surface area contributed by atoms with Gasteiger partial charge in [0.15, 0.2) is 0 Å². The molecule has 0 aromatic carbocycles. The predicted octanol–water partition coefficient (Wildman–Crippen LogP) is 1.98. The highest BCUT2D eigenvalue weighted by atomic mass is 16.2. The van der Waals surface area contributed by atoms with Crippen molar-refractivity contribution in [2.45, 2.75) is 46.6 Å². The predicted molar refractivity (Wildman–Crippen MR) is 67.4 cm³/mol. The molecule has 1 fully saturated rings. The molecule has 0 saturated carbocycles. The van der Waals surface area contributed by atoms with Crippen molar-refractivity contribution in [3.05, 3.63) is 0 Å². The fourth-order valence-electron chi connectivity index (χ4n) is 2.06. The summed E-state index contributed by atoms with van der Waals surface area (Å²) in [7, 11) is 0. The highest BCUT2D eigenvalue weighted by Gasteiger charge is 2.22. The van der Waals surface area contributed by atoms with E-state index in [1.54, 1.807) is 0 Å². The lowest BCUT2D eigenvalue weighted by atomic mass is 10.0. The minimum Gasteiger partial charge on any atom is -0.340 e. The van der Waals surface area contributed by atoms with Gasteiger partial charge < -0.3 is 4.90 Å². The molecule has 1 rings (SSSR count). The third-order valence-electron chi connectivity index (χ3n) is 3.62. The van der Waals surface area contributed by atoms with Gasteiger partial charge >= 0.3 is 0 Å². The normalized spacial score (nSPS) is 20.2. The van der Waals surface area contributed by atoms with Gasteiger partial charge in [0.1, 0.15) is 0 Å². The molecule has 1 amide bonds. The van der Waals surface area contributed by atoms with Crippen molar-refractivity contribution in [3.63, 3.8) is 0 Å². The average Bonchev–Trinajstić information content (AvgIpc) is 2.28. The summed E-state index contributed by atoms with van der Waals surface area (Å²) in [6.45, 7) is 12.6. The van der Waals surface area contributed by atoms with Crippen LogP contribution in [0.2, 0.25) is 0 Å². The maximum atomic E-state index is 12.0. The van der Waals surface area contributed by atoms with Gasteiger partial charge in [-0.25, -0.2) is 0 Å². The van der Waals surface area contributed by atoms with E-state index in [-0.39, 0.29) is 0 Å². The van der Waals surface area contributed by atoms with Gasteiger partial charge in [0.25, 0.3) is 0 Å². The second-order valence-corrected chi connectivity index (χ2v) is 5.23. The van der Waals surface area contributed by atoms with Crippen molar-refractivity contribution in [2.24, 2.45) is 5.92 Å². The molecule has 0 bridgehead atoms. The third-order valence-corrected chi connectivity index (χ3v) is 3.62. The minimum absolute atomic E-state index is 0.345. The first-order chi connectivity index (χ1) is 7.54. The first-order valence-corrected chi connectivity index (χ1v) is 6.56. The number of hydrogen-bond acceptors (Lipinski definition) is 2. The van der Waals surface area contributed by atoms with Gasteiger partial charge in [0, 0.05) is 38.6 Å². The Labute approximate surface area is 99.8 Å². The Balaban J connectivity index is 2.33. The summed E-state index contributed by atoms with van der Waals surface area (Å²) in [4.78, 5) is 16.4. The molecule has 0 N–H and O–H groups in total. The molecule has 94 valence electrons. The molecule has 0 radical (unpaired) electrons. The van der Waals surface area contributed by atoms with Gasteiger partial charge in [-0.15, -0.1) is 0 Å². The smallest absolute Gasteiger partial charge is 0.222 e. The van der Waals surface area contributed by atoms with Crippen LogP contribution in [-0.2, 0) is 4.79 Å². The maximum absolute atomic E-state index is 12.0. The Kier molecular flexibility index (Phi) is 5.26. The molecular weight excluding hydrogens is 200 g/mol. The molecule has 3 nitrogen and oxygen atoms in total. The Bertz CT molecular complexity index is 220. The first kappa shape index (κ1) is 13.5. The van der Waals surface area contributed by atoms with E-state index in [0.29, 0.717) is 17.9 Å². The zero-order valence-electron chi connectivity index (χ0n) is 11.2. The van der Waals surface area contributed by atoms with Gasteiger partial charge in [-0.05, 0) is 19.8 Å². The molecule has 3 heteroatoms. The fourth-order valence-corrected chi connectivity index (χ4v) is 2.06. The Morgan fingerprint density at radius 2 is 1.69 bits per heavy atom. The third kappa shape index (κ3) is 3.78. The summed E-state index contributed by atoms with van der Waals surface area (Å²) in [5.74, 6) is 0.869. The van der Waals surface area contributed by atoms with Gasteiger partial charge in [0.05, 0.1) is 0 Å². The van der Waals surface area contributed by atoms with E-state index in [1.807, 2.05) is 4.90 Å². The number of rotatable bonds is 4. The van der Waals surface area contributed by atoms with E-state index in [1.165, 1.54) is 0 Å². The Hall–Kier alpha value is -0.570. The van der Waals surface area contributed by atoms with E-state index in [2.05, 4.69) is 32.6 Å². The molecule has 1 atom stereocenters. The van der Waals surface area contributed by atoms with Crippen molar-refractivity contribution >= 4 is 5.91 Å². The van der Waals surface area contributed by atoms with Crippen LogP contribution in [-0.4, -0.2) is 47.9 Å². The van der Waals surface area contributed by atoms with Gasteiger partial charge in [-0.3, -0.25) is 9.69 Å². The van der Waals surface area contributed by atoms with Crippen molar-refractivity contribution in [3.8, 4) is 0 Å². The van der Waals surface area contributed by atoms with Crippen molar-refractivity contribution in [1.29, 1.82) is 0 Å².